The van der Waals surface area contributed by atoms with Gasteiger partial charge >= 0.3 is 6.18 Å². The largest absolute Gasteiger partial charge is 0.435 e. The summed E-state index contributed by atoms with van der Waals surface area (Å²) in [6.45, 7) is 2.04. The van der Waals surface area contributed by atoms with Gasteiger partial charge in [0.2, 0.25) is 0 Å². The molecule has 1 atom stereocenters. The molecule has 1 amide bonds. The second-order valence-corrected chi connectivity index (χ2v) is 6.43. The molecule has 1 aromatic heterocycles. The van der Waals surface area contributed by atoms with Gasteiger partial charge in [-0.15, -0.1) is 5.10 Å². The molecule has 1 unspecified atom stereocenters. The van der Waals surface area contributed by atoms with Crippen LogP contribution < -0.4 is 10.6 Å². The molecule has 0 saturated carbocycles. The van der Waals surface area contributed by atoms with Crippen molar-refractivity contribution in [3.63, 3.8) is 0 Å². The number of hydrogen-bond donors (Lipinski definition) is 2. The fourth-order valence-electron chi connectivity index (χ4n) is 3.12. The zero-order chi connectivity index (χ0) is 19.4. The third-order valence-electron chi connectivity index (χ3n) is 4.44. The van der Waals surface area contributed by atoms with Crippen LogP contribution in [0.4, 0.5) is 17.6 Å². The molecule has 1 saturated heterocycles. The highest BCUT2D eigenvalue weighted by Gasteiger charge is 2.42. The number of hydrogen-bond acceptors (Lipinski definition) is 4. The Morgan fingerprint density at radius 2 is 2.19 bits per heavy atom. The van der Waals surface area contributed by atoms with E-state index in [-0.39, 0.29) is 12.2 Å². The molecule has 1 fully saturated rings. The van der Waals surface area contributed by atoms with Crippen molar-refractivity contribution in [3.05, 3.63) is 41.5 Å². The number of nitrogens with one attached hydrogen (secondary N) is 2. The molecule has 6 nitrogen and oxygen atoms in total. The van der Waals surface area contributed by atoms with E-state index in [0.29, 0.717) is 17.0 Å². The molecule has 27 heavy (non-hydrogen) atoms. The van der Waals surface area contributed by atoms with Crippen LogP contribution in [0.15, 0.2) is 24.3 Å². The van der Waals surface area contributed by atoms with Crippen molar-refractivity contribution in [1.29, 1.82) is 0 Å². The Labute approximate surface area is 152 Å². The van der Waals surface area contributed by atoms with Crippen molar-refractivity contribution in [2.24, 2.45) is 5.92 Å². The maximum atomic E-state index is 13.5. The summed E-state index contributed by atoms with van der Waals surface area (Å²) in [7, 11) is 0. The van der Waals surface area contributed by atoms with Crippen LogP contribution in [0.3, 0.4) is 0 Å². The molecule has 0 spiro atoms. The molecule has 1 aliphatic rings. The van der Waals surface area contributed by atoms with Crippen LogP contribution in [-0.2, 0) is 6.18 Å². The van der Waals surface area contributed by atoms with Crippen molar-refractivity contribution in [2.75, 3.05) is 19.6 Å². The van der Waals surface area contributed by atoms with Gasteiger partial charge in [0.05, 0.1) is 5.69 Å². The average Bonchev–Trinajstić information content (AvgIpc) is 3.08. The quantitative estimate of drug-likeness (QED) is 0.776. The number of piperidine rings is 1. The van der Waals surface area contributed by atoms with E-state index in [2.05, 4.69) is 20.9 Å². The van der Waals surface area contributed by atoms with Gasteiger partial charge in [-0.3, -0.25) is 4.79 Å². The van der Waals surface area contributed by atoms with Crippen LogP contribution in [0.1, 0.15) is 35.4 Å². The van der Waals surface area contributed by atoms with Gasteiger partial charge in [-0.1, -0.05) is 11.3 Å². The number of amides is 1. The SMILES string of the molecule is O=C(NCCC1CCCNC1)c1nnn(-c2cccc(F)c2)c1C(F)(F)F. The van der Waals surface area contributed by atoms with E-state index in [1.807, 2.05) is 0 Å². The Kier molecular flexibility index (Phi) is 5.73. The predicted molar refractivity (Wildman–Crippen MR) is 88.9 cm³/mol. The molecule has 2 N–H and O–H groups in total. The first kappa shape index (κ1) is 19.3. The van der Waals surface area contributed by atoms with E-state index < -0.39 is 29.3 Å². The number of benzene rings is 1. The third-order valence-corrected chi connectivity index (χ3v) is 4.44. The van der Waals surface area contributed by atoms with E-state index in [9.17, 15) is 22.4 Å². The Morgan fingerprint density at radius 1 is 1.37 bits per heavy atom. The lowest BCUT2D eigenvalue weighted by molar-refractivity contribution is -0.143. The summed E-state index contributed by atoms with van der Waals surface area (Å²) in [6, 6.07) is 4.50. The molecule has 0 aliphatic carbocycles. The van der Waals surface area contributed by atoms with E-state index in [1.165, 1.54) is 12.1 Å². The highest BCUT2D eigenvalue weighted by Crippen LogP contribution is 2.32. The zero-order valence-electron chi connectivity index (χ0n) is 14.4. The Hall–Kier alpha value is -2.49. The van der Waals surface area contributed by atoms with Crippen molar-refractivity contribution in [3.8, 4) is 5.69 Å². The van der Waals surface area contributed by atoms with Gasteiger partial charge in [0.15, 0.2) is 11.4 Å². The van der Waals surface area contributed by atoms with Gasteiger partial charge in [-0.2, -0.15) is 13.2 Å². The van der Waals surface area contributed by atoms with Crippen LogP contribution in [-0.4, -0.2) is 40.5 Å². The first-order valence-electron chi connectivity index (χ1n) is 8.64. The molecule has 2 aromatic rings. The highest BCUT2D eigenvalue weighted by molar-refractivity contribution is 5.93. The maximum Gasteiger partial charge on any atom is 0.435 e. The molecule has 0 bridgehead atoms. The average molecular weight is 385 g/mol. The Balaban J connectivity index is 1.77. The fraction of sp³-hybridized carbons (Fsp3) is 0.471. The van der Waals surface area contributed by atoms with E-state index in [1.54, 1.807) is 0 Å². The molecule has 3 rings (SSSR count). The summed E-state index contributed by atoms with van der Waals surface area (Å²) < 4.78 is 54.4. The first-order chi connectivity index (χ1) is 12.9. The lowest BCUT2D eigenvalue weighted by Gasteiger charge is -2.22. The molecule has 1 aliphatic heterocycles. The summed E-state index contributed by atoms with van der Waals surface area (Å²) in [5, 5.41) is 12.5. The number of halogens is 4. The molecule has 10 heteroatoms. The van der Waals surface area contributed by atoms with Gasteiger partial charge in [0.1, 0.15) is 5.82 Å². The van der Waals surface area contributed by atoms with E-state index in [4.69, 9.17) is 0 Å². The van der Waals surface area contributed by atoms with Crippen molar-refractivity contribution in [1.82, 2.24) is 25.6 Å². The standard InChI is InChI=1S/C17H19F4N5O/c18-12-4-1-5-13(9-12)26-15(17(19,20)21)14(24-25-26)16(27)23-8-6-11-3-2-7-22-10-11/h1,4-5,9,11,22H,2-3,6-8,10H2,(H,23,27). The molecule has 146 valence electrons. The van der Waals surface area contributed by atoms with E-state index >= 15 is 0 Å². The normalized spacial score (nSPS) is 17.7. The van der Waals surface area contributed by atoms with Crippen LogP contribution in [0, 0.1) is 11.7 Å². The molecule has 0 radical (unpaired) electrons. The highest BCUT2D eigenvalue weighted by atomic mass is 19.4. The molecule has 2 heterocycles. The minimum Gasteiger partial charge on any atom is -0.351 e. The van der Waals surface area contributed by atoms with Crippen LogP contribution in [0.5, 0.6) is 0 Å². The zero-order valence-corrected chi connectivity index (χ0v) is 14.4. The van der Waals surface area contributed by atoms with Crippen LogP contribution in [0.25, 0.3) is 5.69 Å². The number of alkyl halides is 3. The second kappa shape index (κ2) is 8.03. The lowest BCUT2D eigenvalue weighted by atomic mass is 9.96. The number of carbonyl (C=O) groups excluding carboxylic acids is 1. The summed E-state index contributed by atoms with van der Waals surface area (Å²) in [5.41, 5.74) is -2.32. The third kappa shape index (κ3) is 4.62. The molecular formula is C17H19F4N5O. The minimum atomic E-state index is -4.88. The molecular weight excluding hydrogens is 366 g/mol. The van der Waals surface area contributed by atoms with Gasteiger partial charge in [0, 0.05) is 6.54 Å². The van der Waals surface area contributed by atoms with Gasteiger partial charge in [0.25, 0.3) is 5.91 Å². The van der Waals surface area contributed by atoms with Crippen LogP contribution >= 0.6 is 0 Å². The van der Waals surface area contributed by atoms with E-state index in [0.717, 1.165) is 38.1 Å². The fourth-order valence-corrected chi connectivity index (χ4v) is 3.12. The van der Waals surface area contributed by atoms with Gasteiger partial charge in [-0.05, 0) is 56.5 Å². The maximum absolute atomic E-state index is 13.5. The predicted octanol–water partition coefficient (Wildman–Crippen LogP) is 2.54. The lowest BCUT2D eigenvalue weighted by Crippen LogP contribution is -2.33. The Morgan fingerprint density at radius 3 is 2.85 bits per heavy atom. The summed E-state index contributed by atoms with van der Waals surface area (Å²) in [5.74, 6) is -1.29. The summed E-state index contributed by atoms with van der Waals surface area (Å²) >= 11 is 0. The number of carbonyl (C=O) groups is 1. The second-order valence-electron chi connectivity index (χ2n) is 6.43. The van der Waals surface area contributed by atoms with Crippen LogP contribution in [0.2, 0.25) is 0 Å². The van der Waals surface area contributed by atoms with Crippen molar-refractivity contribution >= 4 is 5.91 Å². The molecule has 1 aromatic carbocycles. The summed E-state index contributed by atoms with van der Waals surface area (Å²) in [6.07, 6.45) is -2.15. The van der Waals surface area contributed by atoms with Crippen molar-refractivity contribution < 1.29 is 22.4 Å². The van der Waals surface area contributed by atoms with Crippen molar-refractivity contribution in [2.45, 2.75) is 25.4 Å². The number of nitrogens with zero attached hydrogens (tertiary/aromatic N) is 3. The smallest absolute Gasteiger partial charge is 0.351 e. The van der Waals surface area contributed by atoms with Gasteiger partial charge < -0.3 is 10.6 Å². The number of rotatable bonds is 5. The summed E-state index contributed by atoms with van der Waals surface area (Å²) in [4.78, 5) is 12.2. The number of aromatic nitrogens is 3. The monoisotopic (exact) mass is 385 g/mol. The van der Waals surface area contributed by atoms with Gasteiger partial charge in [-0.25, -0.2) is 9.07 Å². The first-order valence-corrected chi connectivity index (χ1v) is 8.64. The minimum absolute atomic E-state index is 0.165. The Bertz CT molecular complexity index is 799. The topological polar surface area (TPSA) is 71.8 Å².